The summed E-state index contributed by atoms with van der Waals surface area (Å²) in [6.45, 7) is 3.30. The van der Waals surface area contributed by atoms with E-state index in [4.69, 9.17) is 9.47 Å². The fourth-order valence-electron chi connectivity index (χ4n) is 2.26. The molecule has 6 heteroatoms. The molecular weight excluding hydrogens is 252 g/mol. The number of aromatic nitrogens is 1. The highest BCUT2D eigenvalue weighted by atomic mass is 32.1. The Morgan fingerprint density at radius 1 is 1.44 bits per heavy atom. The molecule has 1 aromatic rings. The highest BCUT2D eigenvalue weighted by Crippen LogP contribution is 2.31. The predicted molar refractivity (Wildman–Crippen MR) is 70.9 cm³/mol. The largest absolute Gasteiger partial charge is 0.391 e. The normalized spacial score (nSPS) is 19.7. The van der Waals surface area contributed by atoms with Crippen LogP contribution in [0.1, 0.15) is 17.0 Å². The minimum atomic E-state index is 0.0334. The maximum Gasteiger partial charge on any atom is 0.185 e. The van der Waals surface area contributed by atoms with Crippen LogP contribution in [-0.4, -0.2) is 44.0 Å². The summed E-state index contributed by atoms with van der Waals surface area (Å²) in [5.41, 5.74) is 0.857. The molecule has 5 nitrogen and oxygen atoms in total. The fraction of sp³-hybridized carbons (Fsp3) is 0.750. The van der Waals surface area contributed by atoms with E-state index in [-0.39, 0.29) is 6.61 Å². The zero-order chi connectivity index (χ0) is 13.0. The Morgan fingerprint density at radius 3 is 2.94 bits per heavy atom. The second kappa shape index (κ2) is 6.47. The maximum atomic E-state index is 9.31. The summed E-state index contributed by atoms with van der Waals surface area (Å²) in [4.78, 5) is 7.74. The van der Waals surface area contributed by atoms with Crippen LogP contribution < -0.4 is 4.90 Å². The zero-order valence-electron chi connectivity index (χ0n) is 10.9. The van der Waals surface area contributed by atoms with Crippen molar-refractivity contribution in [3.63, 3.8) is 0 Å². The highest BCUT2D eigenvalue weighted by Gasteiger charge is 2.25. The van der Waals surface area contributed by atoms with Crippen molar-refractivity contribution in [1.82, 2.24) is 4.98 Å². The van der Waals surface area contributed by atoms with Crippen LogP contribution in [0.5, 0.6) is 0 Å². The van der Waals surface area contributed by atoms with Crippen LogP contribution in [0.4, 0.5) is 5.13 Å². The van der Waals surface area contributed by atoms with Crippen LogP contribution in [0.25, 0.3) is 0 Å². The number of anilines is 1. The van der Waals surface area contributed by atoms with Crippen LogP contribution in [-0.2, 0) is 22.7 Å². The lowest BCUT2D eigenvalue weighted by Crippen LogP contribution is -2.20. The number of aliphatic hydroxyl groups is 1. The summed E-state index contributed by atoms with van der Waals surface area (Å²) >= 11 is 1.56. The van der Waals surface area contributed by atoms with Gasteiger partial charge in [0.1, 0.15) is 0 Å². The van der Waals surface area contributed by atoms with Crippen molar-refractivity contribution in [2.24, 2.45) is 5.92 Å². The molecule has 2 heterocycles. The standard InChI is InChI=1S/C12H20N2O3S/c1-16-7-9-3-4-14(5-9)12-13-10(8-17-2)11(6-15)18-12/h9,15H,3-8H2,1-2H3. The maximum absolute atomic E-state index is 9.31. The molecule has 1 aliphatic heterocycles. The smallest absolute Gasteiger partial charge is 0.185 e. The van der Waals surface area contributed by atoms with E-state index in [1.807, 2.05) is 0 Å². The van der Waals surface area contributed by atoms with Gasteiger partial charge in [0.05, 0.1) is 30.4 Å². The summed E-state index contributed by atoms with van der Waals surface area (Å²) in [6.07, 6.45) is 1.14. The van der Waals surface area contributed by atoms with Gasteiger partial charge in [-0.2, -0.15) is 0 Å². The van der Waals surface area contributed by atoms with Crippen LogP contribution in [0.15, 0.2) is 0 Å². The fourth-order valence-corrected chi connectivity index (χ4v) is 3.21. The van der Waals surface area contributed by atoms with Crippen molar-refractivity contribution in [2.75, 3.05) is 38.8 Å². The molecule has 0 radical (unpaired) electrons. The van der Waals surface area contributed by atoms with Gasteiger partial charge in [0.2, 0.25) is 0 Å². The van der Waals surface area contributed by atoms with Gasteiger partial charge >= 0.3 is 0 Å². The van der Waals surface area contributed by atoms with Crippen molar-refractivity contribution in [3.05, 3.63) is 10.6 Å². The van der Waals surface area contributed by atoms with Crippen molar-refractivity contribution in [1.29, 1.82) is 0 Å². The van der Waals surface area contributed by atoms with E-state index in [0.29, 0.717) is 12.5 Å². The molecular formula is C12H20N2O3S. The Hall–Kier alpha value is -0.690. The van der Waals surface area contributed by atoms with Gasteiger partial charge in [-0.05, 0) is 6.42 Å². The monoisotopic (exact) mass is 272 g/mol. The van der Waals surface area contributed by atoms with Gasteiger partial charge < -0.3 is 19.5 Å². The average molecular weight is 272 g/mol. The third kappa shape index (κ3) is 3.00. The average Bonchev–Trinajstić information content (AvgIpc) is 2.96. The number of thiazole rings is 1. The lowest BCUT2D eigenvalue weighted by atomic mass is 10.1. The summed E-state index contributed by atoms with van der Waals surface area (Å²) in [6, 6.07) is 0. The molecule has 0 aromatic carbocycles. The Bertz CT molecular complexity index is 383. The van der Waals surface area contributed by atoms with Crippen molar-refractivity contribution >= 4 is 16.5 Å². The van der Waals surface area contributed by atoms with E-state index >= 15 is 0 Å². The van der Waals surface area contributed by atoms with Gasteiger partial charge in [0.15, 0.2) is 5.13 Å². The van der Waals surface area contributed by atoms with Crippen molar-refractivity contribution in [3.8, 4) is 0 Å². The lowest BCUT2D eigenvalue weighted by molar-refractivity contribution is 0.161. The molecule has 1 aliphatic rings. The van der Waals surface area contributed by atoms with E-state index in [2.05, 4.69) is 9.88 Å². The van der Waals surface area contributed by atoms with Gasteiger partial charge in [-0.25, -0.2) is 4.98 Å². The highest BCUT2D eigenvalue weighted by molar-refractivity contribution is 7.15. The molecule has 2 rings (SSSR count). The van der Waals surface area contributed by atoms with Crippen molar-refractivity contribution < 1.29 is 14.6 Å². The molecule has 0 bridgehead atoms. The van der Waals surface area contributed by atoms with Gasteiger partial charge in [0.25, 0.3) is 0 Å². The third-order valence-corrected chi connectivity index (χ3v) is 4.29. The number of ether oxygens (including phenoxy) is 2. The molecule has 1 saturated heterocycles. The lowest BCUT2D eigenvalue weighted by Gasteiger charge is -2.14. The number of hydrogen-bond donors (Lipinski definition) is 1. The van der Waals surface area contributed by atoms with Crippen LogP contribution in [0.2, 0.25) is 0 Å². The minimum absolute atomic E-state index is 0.0334. The molecule has 1 N–H and O–H groups in total. The van der Waals surface area contributed by atoms with Crippen LogP contribution in [0.3, 0.4) is 0 Å². The molecule has 1 atom stereocenters. The first-order valence-corrected chi connectivity index (χ1v) is 6.92. The summed E-state index contributed by atoms with van der Waals surface area (Å²) in [5, 5.41) is 10.3. The number of rotatable bonds is 6. The summed E-state index contributed by atoms with van der Waals surface area (Å²) in [7, 11) is 3.39. The Kier molecular flexibility index (Phi) is 4.94. The SMILES string of the molecule is COCc1nc(N2CCC(COC)C2)sc1CO. The number of methoxy groups -OCH3 is 2. The van der Waals surface area contributed by atoms with E-state index in [1.54, 1.807) is 25.6 Å². The summed E-state index contributed by atoms with van der Waals surface area (Å²) in [5.74, 6) is 0.586. The molecule has 1 unspecified atom stereocenters. The van der Waals surface area contributed by atoms with E-state index in [9.17, 15) is 5.11 Å². The van der Waals surface area contributed by atoms with Crippen molar-refractivity contribution in [2.45, 2.75) is 19.6 Å². The quantitative estimate of drug-likeness (QED) is 0.845. The Labute approximate surface area is 111 Å². The van der Waals surface area contributed by atoms with E-state index in [0.717, 1.165) is 41.8 Å². The van der Waals surface area contributed by atoms with Crippen LogP contribution >= 0.6 is 11.3 Å². The second-order valence-electron chi connectivity index (χ2n) is 4.51. The molecule has 0 saturated carbocycles. The molecule has 18 heavy (non-hydrogen) atoms. The van der Waals surface area contributed by atoms with Gasteiger partial charge in [0, 0.05) is 33.2 Å². The Balaban J connectivity index is 2.05. The van der Waals surface area contributed by atoms with E-state index < -0.39 is 0 Å². The molecule has 1 fully saturated rings. The second-order valence-corrected chi connectivity index (χ2v) is 5.58. The van der Waals surface area contributed by atoms with Gasteiger partial charge in [-0.1, -0.05) is 11.3 Å². The van der Waals surface area contributed by atoms with E-state index in [1.165, 1.54) is 0 Å². The third-order valence-electron chi connectivity index (χ3n) is 3.15. The molecule has 0 amide bonds. The summed E-state index contributed by atoms with van der Waals surface area (Å²) < 4.78 is 10.3. The first kappa shape index (κ1) is 13.7. The first-order valence-electron chi connectivity index (χ1n) is 6.10. The Morgan fingerprint density at radius 2 is 2.28 bits per heavy atom. The molecule has 102 valence electrons. The molecule has 0 spiro atoms. The topological polar surface area (TPSA) is 54.8 Å². The first-order chi connectivity index (χ1) is 8.78. The zero-order valence-corrected chi connectivity index (χ0v) is 11.7. The molecule has 1 aromatic heterocycles. The number of hydrogen-bond acceptors (Lipinski definition) is 6. The minimum Gasteiger partial charge on any atom is -0.391 e. The van der Waals surface area contributed by atoms with Gasteiger partial charge in [-0.15, -0.1) is 0 Å². The number of nitrogens with zero attached hydrogens (tertiary/aromatic N) is 2. The van der Waals surface area contributed by atoms with Crippen LogP contribution in [0, 0.1) is 5.92 Å². The number of aliphatic hydroxyl groups excluding tert-OH is 1. The molecule has 0 aliphatic carbocycles. The van der Waals surface area contributed by atoms with Gasteiger partial charge in [-0.3, -0.25) is 0 Å². The predicted octanol–water partition coefficient (Wildman–Crippen LogP) is 1.25.